The van der Waals surface area contributed by atoms with E-state index in [4.69, 9.17) is 5.41 Å². The quantitative estimate of drug-likeness (QED) is 0.815. The SMILES string of the molecule is C/C=C/C1=c2nc(C)c(C)nc2=C(C)C(=NC)C1=N. The van der Waals surface area contributed by atoms with Crippen LogP contribution in [0.25, 0.3) is 11.1 Å². The van der Waals surface area contributed by atoms with Crippen molar-refractivity contribution in [3.63, 3.8) is 0 Å². The van der Waals surface area contributed by atoms with Crippen LogP contribution in [0.5, 0.6) is 0 Å². The van der Waals surface area contributed by atoms with Crippen LogP contribution in [0.2, 0.25) is 0 Å². The molecular formula is C15H18N4. The zero-order chi connectivity index (χ0) is 14.2. The van der Waals surface area contributed by atoms with Gasteiger partial charge in [0.1, 0.15) is 0 Å². The fraction of sp³-hybridized carbons (Fsp3) is 0.333. The number of nitrogens with one attached hydrogen (secondary N) is 1. The lowest BCUT2D eigenvalue weighted by molar-refractivity contribution is 0.976. The number of aliphatic imine (C=N–C) groups is 1. The van der Waals surface area contributed by atoms with Crippen LogP contribution < -0.4 is 10.7 Å². The molecule has 98 valence electrons. The number of fused-ring (bicyclic) bond motifs is 1. The van der Waals surface area contributed by atoms with Crippen molar-refractivity contribution < 1.29 is 0 Å². The molecule has 4 nitrogen and oxygen atoms in total. The van der Waals surface area contributed by atoms with Gasteiger partial charge in [-0.2, -0.15) is 0 Å². The monoisotopic (exact) mass is 254 g/mol. The summed E-state index contributed by atoms with van der Waals surface area (Å²) < 4.78 is 0. The third-order valence-electron chi connectivity index (χ3n) is 3.34. The Labute approximate surface area is 112 Å². The number of nitrogens with zero attached hydrogens (tertiary/aromatic N) is 3. The Morgan fingerprint density at radius 2 is 1.63 bits per heavy atom. The second kappa shape index (κ2) is 4.88. The summed E-state index contributed by atoms with van der Waals surface area (Å²) >= 11 is 0. The first-order valence-electron chi connectivity index (χ1n) is 6.26. The lowest BCUT2D eigenvalue weighted by Gasteiger charge is -2.15. The van der Waals surface area contributed by atoms with Gasteiger partial charge in [-0.15, -0.1) is 0 Å². The van der Waals surface area contributed by atoms with E-state index in [0.29, 0.717) is 11.4 Å². The molecule has 0 spiro atoms. The summed E-state index contributed by atoms with van der Waals surface area (Å²) in [6, 6.07) is 0. The van der Waals surface area contributed by atoms with E-state index in [1.165, 1.54) is 0 Å². The number of rotatable bonds is 1. The van der Waals surface area contributed by atoms with E-state index in [-0.39, 0.29) is 0 Å². The second-order valence-corrected chi connectivity index (χ2v) is 4.58. The van der Waals surface area contributed by atoms with Gasteiger partial charge in [0.15, 0.2) is 0 Å². The third kappa shape index (κ3) is 2.03. The number of aryl methyl sites for hydroxylation is 2. The average Bonchev–Trinajstić information content (AvgIpc) is 2.38. The summed E-state index contributed by atoms with van der Waals surface area (Å²) in [7, 11) is 1.71. The molecule has 19 heavy (non-hydrogen) atoms. The zero-order valence-corrected chi connectivity index (χ0v) is 12.0. The Balaban J connectivity index is 3.07. The first-order chi connectivity index (χ1) is 9.01. The Morgan fingerprint density at radius 1 is 1.05 bits per heavy atom. The Morgan fingerprint density at radius 3 is 2.16 bits per heavy atom. The first kappa shape index (κ1) is 13.3. The molecule has 0 aromatic carbocycles. The lowest BCUT2D eigenvalue weighted by atomic mass is 9.94. The molecule has 1 aromatic heterocycles. The van der Waals surface area contributed by atoms with Gasteiger partial charge in [-0.1, -0.05) is 12.2 Å². The molecular weight excluding hydrogens is 236 g/mol. The van der Waals surface area contributed by atoms with Crippen LogP contribution in [0.1, 0.15) is 25.2 Å². The van der Waals surface area contributed by atoms with E-state index >= 15 is 0 Å². The van der Waals surface area contributed by atoms with Crippen molar-refractivity contribution in [2.45, 2.75) is 27.7 Å². The minimum absolute atomic E-state index is 0.420. The highest BCUT2D eigenvalue weighted by Crippen LogP contribution is 2.10. The highest BCUT2D eigenvalue weighted by Gasteiger charge is 2.20. The fourth-order valence-corrected chi connectivity index (χ4v) is 2.21. The van der Waals surface area contributed by atoms with Crippen LogP contribution in [0.15, 0.2) is 17.1 Å². The molecule has 1 heterocycles. The summed E-state index contributed by atoms with van der Waals surface area (Å²) in [5, 5.41) is 9.91. The molecule has 2 rings (SSSR count). The summed E-state index contributed by atoms with van der Waals surface area (Å²) in [5.41, 5.74) is 4.65. The predicted molar refractivity (Wildman–Crippen MR) is 79.1 cm³/mol. The fourth-order valence-electron chi connectivity index (χ4n) is 2.21. The van der Waals surface area contributed by atoms with Gasteiger partial charge in [-0.05, 0) is 27.7 Å². The third-order valence-corrected chi connectivity index (χ3v) is 3.34. The highest BCUT2D eigenvalue weighted by molar-refractivity contribution is 6.66. The van der Waals surface area contributed by atoms with Gasteiger partial charge >= 0.3 is 0 Å². The number of hydrogen-bond donors (Lipinski definition) is 1. The van der Waals surface area contributed by atoms with Crippen LogP contribution in [0.3, 0.4) is 0 Å². The molecule has 0 bridgehead atoms. The van der Waals surface area contributed by atoms with Crippen molar-refractivity contribution in [3.05, 3.63) is 34.2 Å². The maximum Gasteiger partial charge on any atom is 0.0988 e. The highest BCUT2D eigenvalue weighted by atomic mass is 14.8. The molecule has 0 amide bonds. The molecule has 1 aromatic rings. The van der Waals surface area contributed by atoms with Crippen LogP contribution in [-0.2, 0) is 0 Å². The maximum atomic E-state index is 8.28. The van der Waals surface area contributed by atoms with Crippen molar-refractivity contribution >= 4 is 22.6 Å². The van der Waals surface area contributed by atoms with Gasteiger partial charge in [-0.25, -0.2) is 9.97 Å². The normalized spacial score (nSPS) is 17.5. The number of allylic oxidation sites excluding steroid dienone is 2. The molecule has 0 unspecified atom stereocenters. The smallest absolute Gasteiger partial charge is 0.0988 e. The van der Waals surface area contributed by atoms with Gasteiger partial charge in [0, 0.05) is 18.2 Å². The lowest BCUT2D eigenvalue weighted by Crippen LogP contribution is -2.44. The summed E-state index contributed by atoms with van der Waals surface area (Å²) in [6.07, 6.45) is 3.82. The minimum Gasteiger partial charge on any atom is -0.298 e. The van der Waals surface area contributed by atoms with Crippen LogP contribution in [0.4, 0.5) is 0 Å². The Hall–Kier alpha value is -2.10. The van der Waals surface area contributed by atoms with E-state index in [1.54, 1.807) is 7.05 Å². The van der Waals surface area contributed by atoms with Crippen molar-refractivity contribution in [2.75, 3.05) is 7.05 Å². The zero-order valence-electron chi connectivity index (χ0n) is 12.0. The summed E-state index contributed by atoms with van der Waals surface area (Å²) in [5.74, 6) is 0. The number of hydrogen-bond acceptors (Lipinski definition) is 4. The first-order valence-corrected chi connectivity index (χ1v) is 6.26. The Bertz CT molecular complexity index is 736. The van der Waals surface area contributed by atoms with Crippen LogP contribution >= 0.6 is 0 Å². The van der Waals surface area contributed by atoms with Gasteiger partial charge in [0.05, 0.1) is 33.5 Å². The van der Waals surface area contributed by atoms with Gasteiger partial charge in [0.25, 0.3) is 0 Å². The van der Waals surface area contributed by atoms with E-state index < -0.39 is 0 Å². The molecule has 0 aliphatic heterocycles. The molecule has 4 heteroatoms. The molecule has 0 atom stereocenters. The molecule has 1 aliphatic rings. The van der Waals surface area contributed by atoms with E-state index in [9.17, 15) is 0 Å². The van der Waals surface area contributed by atoms with Crippen LogP contribution in [-0.4, -0.2) is 28.4 Å². The summed E-state index contributed by atoms with van der Waals surface area (Å²) in [6.45, 7) is 7.78. The van der Waals surface area contributed by atoms with E-state index in [2.05, 4.69) is 15.0 Å². The van der Waals surface area contributed by atoms with E-state index in [1.807, 2.05) is 39.8 Å². The van der Waals surface area contributed by atoms with Crippen molar-refractivity contribution in [3.8, 4) is 0 Å². The molecule has 0 saturated heterocycles. The molecule has 0 radical (unpaired) electrons. The maximum absolute atomic E-state index is 8.28. The minimum atomic E-state index is 0.420. The number of aromatic nitrogens is 2. The van der Waals surface area contributed by atoms with Crippen molar-refractivity contribution in [2.24, 2.45) is 4.99 Å². The topological polar surface area (TPSA) is 62.0 Å². The van der Waals surface area contributed by atoms with Crippen molar-refractivity contribution in [1.82, 2.24) is 9.97 Å². The van der Waals surface area contributed by atoms with Gasteiger partial charge < -0.3 is 0 Å². The van der Waals surface area contributed by atoms with E-state index in [0.717, 1.165) is 33.2 Å². The molecule has 1 aliphatic carbocycles. The largest absolute Gasteiger partial charge is 0.298 e. The average molecular weight is 254 g/mol. The molecule has 1 N–H and O–H groups in total. The molecule has 0 saturated carbocycles. The van der Waals surface area contributed by atoms with Gasteiger partial charge in [0.2, 0.25) is 0 Å². The molecule has 0 fully saturated rings. The second-order valence-electron chi connectivity index (χ2n) is 4.58. The standard InChI is InChI=1S/C15H18N4/c1-6-7-11-12(16)13(17-5)8(2)14-15(11)19-10(4)9(3)18-14/h6-7,16H,1-5H3/b7-6+,16-12?,17-13?. The Kier molecular flexibility index (Phi) is 3.42. The van der Waals surface area contributed by atoms with Crippen LogP contribution in [0, 0.1) is 19.3 Å². The van der Waals surface area contributed by atoms with Crippen molar-refractivity contribution in [1.29, 1.82) is 5.41 Å². The van der Waals surface area contributed by atoms with Gasteiger partial charge in [-0.3, -0.25) is 10.4 Å². The summed E-state index contributed by atoms with van der Waals surface area (Å²) in [4.78, 5) is 13.5. The predicted octanol–water partition coefficient (Wildman–Crippen LogP) is 1.10.